The zero-order valence-electron chi connectivity index (χ0n) is 10.6. The van der Waals surface area contributed by atoms with Crippen LogP contribution in [0.15, 0.2) is 36.4 Å². The number of nitrogens with zero attached hydrogens (tertiary/aromatic N) is 2. The van der Waals surface area contributed by atoms with Crippen LogP contribution in [0.3, 0.4) is 0 Å². The topological polar surface area (TPSA) is 79.0 Å². The van der Waals surface area contributed by atoms with Crippen molar-refractivity contribution in [2.24, 2.45) is 0 Å². The van der Waals surface area contributed by atoms with Gasteiger partial charge in [0.1, 0.15) is 17.3 Å². The fraction of sp³-hybridized carbons (Fsp3) is 0.0714. The standard InChI is InChI=1S/C14H9F2N3O2/c15-11-3-2-10(12(16)6-11)8-18-13-4-1-9(7-17)5-14(13)19(20)21/h1-6,18H,8H2. The maximum Gasteiger partial charge on any atom is 0.293 e. The van der Waals surface area contributed by atoms with Gasteiger partial charge in [-0.15, -0.1) is 0 Å². The van der Waals surface area contributed by atoms with Crippen LogP contribution in [-0.2, 0) is 6.54 Å². The molecule has 2 aromatic carbocycles. The van der Waals surface area contributed by atoms with Crippen molar-refractivity contribution in [3.8, 4) is 6.07 Å². The molecule has 2 aromatic rings. The van der Waals surface area contributed by atoms with Gasteiger partial charge in [-0.2, -0.15) is 5.26 Å². The van der Waals surface area contributed by atoms with E-state index in [1.54, 1.807) is 6.07 Å². The van der Waals surface area contributed by atoms with Gasteiger partial charge >= 0.3 is 0 Å². The summed E-state index contributed by atoms with van der Waals surface area (Å²) in [7, 11) is 0. The molecule has 0 heterocycles. The third-order valence-electron chi connectivity index (χ3n) is 2.81. The van der Waals surface area contributed by atoms with Crippen LogP contribution in [0.25, 0.3) is 0 Å². The number of nitro groups is 1. The number of halogens is 2. The summed E-state index contributed by atoms with van der Waals surface area (Å²) in [4.78, 5) is 10.3. The van der Waals surface area contributed by atoms with Gasteiger partial charge < -0.3 is 5.32 Å². The molecule has 2 rings (SSSR count). The molecule has 0 aromatic heterocycles. The summed E-state index contributed by atoms with van der Waals surface area (Å²) in [6.45, 7) is -0.0428. The fourth-order valence-corrected chi connectivity index (χ4v) is 1.76. The largest absolute Gasteiger partial charge is 0.375 e. The summed E-state index contributed by atoms with van der Waals surface area (Å²) < 4.78 is 26.3. The number of rotatable bonds is 4. The molecule has 0 radical (unpaired) electrons. The van der Waals surface area contributed by atoms with Gasteiger partial charge in [0.15, 0.2) is 0 Å². The monoisotopic (exact) mass is 289 g/mol. The van der Waals surface area contributed by atoms with Gasteiger partial charge in [-0.3, -0.25) is 10.1 Å². The minimum absolute atomic E-state index is 0.0428. The lowest BCUT2D eigenvalue weighted by molar-refractivity contribution is -0.384. The van der Waals surface area contributed by atoms with Crippen molar-refractivity contribution < 1.29 is 13.7 Å². The van der Waals surface area contributed by atoms with E-state index in [9.17, 15) is 18.9 Å². The molecular formula is C14H9F2N3O2. The van der Waals surface area contributed by atoms with Crippen LogP contribution in [0.2, 0.25) is 0 Å². The highest BCUT2D eigenvalue weighted by molar-refractivity contribution is 5.64. The molecule has 0 saturated carbocycles. The first kappa shape index (κ1) is 14.4. The van der Waals surface area contributed by atoms with Crippen LogP contribution in [0.1, 0.15) is 11.1 Å². The van der Waals surface area contributed by atoms with Crippen molar-refractivity contribution in [2.75, 3.05) is 5.32 Å². The first-order chi connectivity index (χ1) is 10.0. The van der Waals surface area contributed by atoms with E-state index < -0.39 is 16.6 Å². The molecule has 5 nitrogen and oxygen atoms in total. The second-order valence-electron chi connectivity index (χ2n) is 4.19. The molecule has 0 unspecified atom stereocenters. The molecule has 1 N–H and O–H groups in total. The molecule has 0 aliphatic heterocycles. The first-order valence-electron chi connectivity index (χ1n) is 5.87. The minimum Gasteiger partial charge on any atom is -0.375 e. The van der Waals surface area contributed by atoms with Crippen molar-refractivity contribution in [2.45, 2.75) is 6.54 Å². The third-order valence-corrected chi connectivity index (χ3v) is 2.81. The SMILES string of the molecule is N#Cc1ccc(NCc2ccc(F)cc2F)c([N+](=O)[O-])c1. The van der Waals surface area contributed by atoms with Crippen LogP contribution < -0.4 is 5.32 Å². The van der Waals surface area contributed by atoms with Crippen molar-refractivity contribution in [1.82, 2.24) is 0 Å². The molecule has 0 atom stereocenters. The van der Waals surface area contributed by atoms with Crippen LogP contribution in [0.4, 0.5) is 20.2 Å². The van der Waals surface area contributed by atoms with E-state index in [2.05, 4.69) is 5.32 Å². The Hall–Kier alpha value is -3.01. The molecule has 0 amide bonds. The Balaban J connectivity index is 2.24. The lowest BCUT2D eigenvalue weighted by atomic mass is 10.1. The van der Waals surface area contributed by atoms with E-state index in [4.69, 9.17) is 5.26 Å². The summed E-state index contributed by atoms with van der Waals surface area (Å²) in [5.41, 5.74) is 0.203. The maximum absolute atomic E-state index is 13.5. The highest BCUT2D eigenvalue weighted by Gasteiger charge is 2.15. The zero-order chi connectivity index (χ0) is 15.4. The Morgan fingerprint density at radius 2 is 2.00 bits per heavy atom. The normalized spacial score (nSPS) is 9.95. The fourth-order valence-electron chi connectivity index (χ4n) is 1.76. The summed E-state index contributed by atoms with van der Waals surface area (Å²) in [6.07, 6.45) is 0. The number of hydrogen-bond donors (Lipinski definition) is 1. The highest BCUT2D eigenvalue weighted by Crippen LogP contribution is 2.26. The molecule has 0 spiro atoms. The molecule has 0 bridgehead atoms. The van der Waals surface area contributed by atoms with E-state index >= 15 is 0 Å². The van der Waals surface area contributed by atoms with Crippen molar-refractivity contribution in [1.29, 1.82) is 5.26 Å². The molecule has 0 aliphatic rings. The second kappa shape index (κ2) is 5.96. The number of nitrogens with one attached hydrogen (secondary N) is 1. The molecule has 0 fully saturated rings. The predicted octanol–water partition coefficient (Wildman–Crippen LogP) is 3.36. The number of nitro benzene ring substituents is 1. The molecule has 7 heteroatoms. The maximum atomic E-state index is 13.5. The average molecular weight is 289 g/mol. The Morgan fingerprint density at radius 3 is 2.62 bits per heavy atom. The number of hydrogen-bond acceptors (Lipinski definition) is 4. The zero-order valence-corrected chi connectivity index (χ0v) is 10.6. The van der Waals surface area contributed by atoms with Crippen LogP contribution in [-0.4, -0.2) is 4.92 Å². The van der Waals surface area contributed by atoms with Crippen molar-refractivity contribution in [3.63, 3.8) is 0 Å². The number of anilines is 1. The van der Waals surface area contributed by atoms with Crippen molar-refractivity contribution in [3.05, 3.63) is 69.3 Å². The first-order valence-corrected chi connectivity index (χ1v) is 5.87. The quantitative estimate of drug-likeness (QED) is 0.691. The van der Waals surface area contributed by atoms with Crippen LogP contribution in [0, 0.1) is 33.1 Å². The predicted molar refractivity (Wildman–Crippen MR) is 71.5 cm³/mol. The highest BCUT2D eigenvalue weighted by atomic mass is 19.1. The number of benzene rings is 2. The lowest BCUT2D eigenvalue weighted by Crippen LogP contribution is -2.04. The van der Waals surface area contributed by atoms with Gasteiger partial charge in [-0.05, 0) is 18.2 Å². The molecular weight excluding hydrogens is 280 g/mol. The summed E-state index contributed by atoms with van der Waals surface area (Å²) in [6, 6.07) is 8.82. The molecule has 106 valence electrons. The van der Waals surface area contributed by atoms with Gasteiger partial charge in [-0.25, -0.2) is 8.78 Å². The second-order valence-corrected chi connectivity index (χ2v) is 4.19. The van der Waals surface area contributed by atoms with Gasteiger partial charge in [0.2, 0.25) is 0 Å². The minimum atomic E-state index is -0.737. The molecule has 0 saturated heterocycles. The number of nitriles is 1. The summed E-state index contributed by atoms with van der Waals surface area (Å²) >= 11 is 0. The van der Waals surface area contributed by atoms with Crippen molar-refractivity contribution >= 4 is 11.4 Å². The third kappa shape index (κ3) is 3.30. The van der Waals surface area contributed by atoms with E-state index in [1.807, 2.05) is 0 Å². The Bertz CT molecular complexity index is 741. The molecule has 21 heavy (non-hydrogen) atoms. The summed E-state index contributed by atoms with van der Waals surface area (Å²) in [5.74, 6) is -1.43. The van der Waals surface area contributed by atoms with E-state index in [-0.39, 0.29) is 29.0 Å². The van der Waals surface area contributed by atoms with Crippen LogP contribution in [0.5, 0.6) is 0 Å². The van der Waals surface area contributed by atoms with Gasteiger partial charge in [0, 0.05) is 24.2 Å². The van der Waals surface area contributed by atoms with E-state index in [0.717, 1.165) is 18.2 Å². The Morgan fingerprint density at radius 1 is 1.24 bits per heavy atom. The average Bonchev–Trinajstić information content (AvgIpc) is 2.46. The smallest absolute Gasteiger partial charge is 0.293 e. The van der Waals surface area contributed by atoms with Gasteiger partial charge in [0.05, 0.1) is 16.6 Å². The Kier molecular flexibility index (Phi) is 4.09. The lowest BCUT2D eigenvalue weighted by Gasteiger charge is -2.08. The van der Waals surface area contributed by atoms with E-state index in [0.29, 0.717) is 0 Å². The van der Waals surface area contributed by atoms with E-state index in [1.165, 1.54) is 18.2 Å². The summed E-state index contributed by atoms with van der Waals surface area (Å²) in [5, 5.41) is 22.4. The van der Waals surface area contributed by atoms with Gasteiger partial charge in [0.25, 0.3) is 5.69 Å². The Labute approximate surface area is 118 Å². The molecule has 0 aliphatic carbocycles. The van der Waals surface area contributed by atoms with Gasteiger partial charge in [-0.1, -0.05) is 6.07 Å². The van der Waals surface area contributed by atoms with Crippen LogP contribution >= 0.6 is 0 Å².